The Balaban J connectivity index is 4.50. The second-order valence-corrected chi connectivity index (χ2v) is 2.44. The summed E-state index contributed by atoms with van der Waals surface area (Å²) in [4.78, 5) is 0. The molecule has 0 aromatic carbocycles. The Labute approximate surface area is 70.3 Å². The summed E-state index contributed by atoms with van der Waals surface area (Å²) in [7, 11) is 0. The summed E-state index contributed by atoms with van der Waals surface area (Å²) in [6, 6.07) is 0. The van der Waals surface area contributed by atoms with E-state index in [2.05, 4.69) is 6.58 Å². The summed E-state index contributed by atoms with van der Waals surface area (Å²) in [5.41, 5.74) is 0. The van der Waals surface area contributed by atoms with E-state index in [0.717, 1.165) is 0 Å². The molecular weight excluding hydrogens is 171 g/mol. The van der Waals surface area contributed by atoms with Crippen LogP contribution in [-0.4, -0.2) is 5.11 Å². The molecule has 0 heterocycles. The van der Waals surface area contributed by atoms with Gasteiger partial charge in [0.25, 0.3) is 0 Å². The average Bonchev–Trinajstić information content (AvgIpc) is 1.87. The lowest BCUT2D eigenvalue weighted by molar-refractivity contribution is 0.430. The van der Waals surface area contributed by atoms with E-state index in [1.54, 1.807) is 13.0 Å². The van der Waals surface area contributed by atoms with Gasteiger partial charge in [-0.1, -0.05) is 35.9 Å². The molecule has 0 amide bonds. The summed E-state index contributed by atoms with van der Waals surface area (Å²) in [5.74, 6) is -0.0656. The second-order valence-electron chi connectivity index (χ2n) is 1.60. The Morgan fingerprint density at radius 3 is 2.30 bits per heavy atom. The van der Waals surface area contributed by atoms with Gasteiger partial charge in [0.2, 0.25) is 0 Å². The van der Waals surface area contributed by atoms with E-state index in [9.17, 15) is 0 Å². The quantitative estimate of drug-likeness (QED) is 0.509. The van der Waals surface area contributed by atoms with Gasteiger partial charge in [0, 0.05) is 0 Å². The molecule has 0 aliphatic carbocycles. The standard InChI is InChI=1S/C7H8Cl2O/c1-3-4-6(10)7(9)5(2)8/h3-4,10H,2H2,1H3/b4-3-,7-6-. The topological polar surface area (TPSA) is 20.2 Å². The third-order valence-corrected chi connectivity index (χ3v) is 1.50. The van der Waals surface area contributed by atoms with Gasteiger partial charge in [-0.25, -0.2) is 0 Å². The van der Waals surface area contributed by atoms with Crippen LogP contribution in [0.15, 0.2) is 34.6 Å². The summed E-state index contributed by atoms with van der Waals surface area (Å²) < 4.78 is 0. The molecule has 0 fully saturated rings. The van der Waals surface area contributed by atoms with Gasteiger partial charge in [-0.15, -0.1) is 0 Å². The number of hydrogen-bond acceptors (Lipinski definition) is 1. The van der Waals surface area contributed by atoms with Gasteiger partial charge in [0.05, 0.1) is 5.03 Å². The van der Waals surface area contributed by atoms with Gasteiger partial charge in [-0.05, 0) is 13.0 Å². The number of aliphatic hydroxyl groups is 1. The molecule has 3 heteroatoms. The third-order valence-electron chi connectivity index (χ3n) is 0.788. The van der Waals surface area contributed by atoms with Gasteiger partial charge >= 0.3 is 0 Å². The van der Waals surface area contributed by atoms with E-state index in [1.165, 1.54) is 6.08 Å². The van der Waals surface area contributed by atoms with Crippen molar-refractivity contribution in [3.63, 3.8) is 0 Å². The van der Waals surface area contributed by atoms with E-state index < -0.39 is 0 Å². The van der Waals surface area contributed by atoms with E-state index in [4.69, 9.17) is 28.3 Å². The third kappa shape index (κ3) is 2.95. The number of halogens is 2. The first-order valence-electron chi connectivity index (χ1n) is 2.65. The minimum absolute atomic E-state index is 0.0656. The van der Waals surface area contributed by atoms with Crippen LogP contribution in [0.1, 0.15) is 6.92 Å². The summed E-state index contributed by atoms with van der Waals surface area (Å²) in [6.07, 6.45) is 3.09. The van der Waals surface area contributed by atoms with Crippen LogP contribution in [0.5, 0.6) is 0 Å². The minimum Gasteiger partial charge on any atom is -0.506 e. The smallest absolute Gasteiger partial charge is 0.135 e. The van der Waals surface area contributed by atoms with Crippen LogP contribution in [0.25, 0.3) is 0 Å². The Morgan fingerprint density at radius 1 is 1.50 bits per heavy atom. The fraction of sp³-hybridized carbons (Fsp3) is 0.143. The maximum absolute atomic E-state index is 9.00. The predicted molar refractivity (Wildman–Crippen MR) is 45.3 cm³/mol. The molecule has 1 nitrogen and oxygen atoms in total. The van der Waals surface area contributed by atoms with Crippen LogP contribution in [0.3, 0.4) is 0 Å². The Hall–Kier alpha value is -0.400. The van der Waals surface area contributed by atoms with Gasteiger partial charge in [-0.2, -0.15) is 0 Å². The first-order valence-corrected chi connectivity index (χ1v) is 3.41. The molecule has 0 aliphatic rings. The molecular formula is C7H8Cl2O. The van der Waals surface area contributed by atoms with Crippen LogP contribution in [0, 0.1) is 0 Å². The highest BCUT2D eigenvalue weighted by molar-refractivity contribution is 6.43. The summed E-state index contributed by atoms with van der Waals surface area (Å²) >= 11 is 10.9. The lowest BCUT2D eigenvalue weighted by Gasteiger charge is -1.94. The van der Waals surface area contributed by atoms with Crippen molar-refractivity contribution in [3.05, 3.63) is 34.6 Å². The van der Waals surface area contributed by atoms with E-state index in [-0.39, 0.29) is 15.8 Å². The van der Waals surface area contributed by atoms with Crippen LogP contribution >= 0.6 is 23.2 Å². The van der Waals surface area contributed by atoms with E-state index in [1.807, 2.05) is 0 Å². The number of rotatable bonds is 2. The highest BCUT2D eigenvalue weighted by Gasteiger charge is 1.99. The van der Waals surface area contributed by atoms with Gasteiger partial charge in [0.1, 0.15) is 10.8 Å². The Morgan fingerprint density at radius 2 is 2.00 bits per heavy atom. The largest absolute Gasteiger partial charge is 0.506 e. The second kappa shape index (κ2) is 4.42. The van der Waals surface area contributed by atoms with E-state index in [0.29, 0.717) is 0 Å². The minimum atomic E-state index is -0.0656. The molecule has 0 atom stereocenters. The predicted octanol–water partition coefficient (Wildman–Crippen LogP) is 3.32. The Bertz CT molecular complexity index is 192. The van der Waals surface area contributed by atoms with Crippen LogP contribution in [-0.2, 0) is 0 Å². The van der Waals surface area contributed by atoms with Crippen LogP contribution in [0.4, 0.5) is 0 Å². The normalized spacial score (nSPS) is 13.5. The highest BCUT2D eigenvalue weighted by Crippen LogP contribution is 2.19. The molecule has 0 saturated heterocycles. The lowest BCUT2D eigenvalue weighted by Crippen LogP contribution is -1.79. The van der Waals surface area contributed by atoms with Crippen molar-refractivity contribution in [2.75, 3.05) is 0 Å². The van der Waals surface area contributed by atoms with Gasteiger partial charge in [0.15, 0.2) is 0 Å². The first kappa shape index (κ1) is 9.60. The fourth-order valence-corrected chi connectivity index (χ4v) is 0.530. The zero-order valence-corrected chi connectivity index (χ0v) is 7.08. The Kier molecular flexibility index (Phi) is 4.24. The first-order chi connectivity index (χ1) is 4.59. The molecule has 10 heavy (non-hydrogen) atoms. The molecule has 0 unspecified atom stereocenters. The van der Waals surface area contributed by atoms with Crippen molar-refractivity contribution in [1.82, 2.24) is 0 Å². The molecule has 0 rings (SSSR count). The molecule has 0 spiro atoms. The fourth-order valence-electron chi connectivity index (χ4n) is 0.370. The number of allylic oxidation sites excluding steroid dienone is 4. The van der Waals surface area contributed by atoms with Crippen molar-refractivity contribution in [2.45, 2.75) is 6.92 Å². The molecule has 0 bridgehead atoms. The van der Waals surface area contributed by atoms with Crippen molar-refractivity contribution >= 4 is 23.2 Å². The molecule has 1 N–H and O–H groups in total. The molecule has 0 aromatic rings. The molecule has 0 aromatic heterocycles. The maximum Gasteiger partial charge on any atom is 0.135 e. The number of hydrogen-bond donors (Lipinski definition) is 1. The average molecular weight is 179 g/mol. The zero-order valence-electron chi connectivity index (χ0n) is 5.56. The van der Waals surface area contributed by atoms with Gasteiger partial charge < -0.3 is 5.11 Å². The van der Waals surface area contributed by atoms with Crippen LogP contribution in [0.2, 0.25) is 0 Å². The summed E-state index contributed by atoms with van der Waals surface area (Å²) in [6.45, 7) is 5.10. The lowest BCUT2D eigenvalue weighted by atomic mass is 10.4. The van der Waals surface area contributed by atoms with Crippen molar-refractivity contribution < 1.29 is 5.11 Å². The van der Waals surface area contributed by atoms with E-state index >= 15 is 0 Å². The van der Waals surface area contributed by atoms with Gasteiger partial charge in [-0.3, -0.25) is 0 Å². The van der Waals surface area contributed by atoms with Crippen molar-refractivity contribution in [1.29, 1.82) is 0 Å². The maximum atomic E-state index is 9.00. The molecule has 0 radical (unpaired) electrons. The van der Waals surface area contributed by atoms with Crippen molar-refractivity contribution in [3.8, 4) is 0 Å². The molecule has 0 aliphatic heterocycles. The van der Waals surface area contributed by atoms with Crippen molar-refractivity contribution in [2.24, 2.45) is 0 Å². The monoisotopic (exact) mass is 178 g/mol. The molecule has 0 saturated carbocycles. The summed E-state index contributed by atoms with van der Waals surface area (Å²) in [5, 5.41) is 9.22. The number of aliphatic hydroxyl groups excluding tert-OH is 1. The highest BCUT2D eigenvalue weighted by atomic mass is 35.5. The zero-order chi connectivity index (χ0) is 8.15. The van der Waals surface area contributed by atoms with Crippen LogP contribution < -0.4 is 0 Å². The SMILES string of the molecule is C=C(Cl)/C(Cl)=C(O)\C=C/C. The molecule has 56 valence electrons.